The maximum atomic E-state index is 12.2. The fourth-order valence-electron chi connectivity index (χ4n) is 1.22. The molecule has 6 heteroatoms. The minimum atomic E-state index is -3.69. The van der Waals surface area contributed by atoms with Gasteiger partial charge in [-0.1, -0.05) is 6.92 Å². The zero-order chi connectivity index (χ0) is 13.3. The van der Waals surface area contributed by atoms with Gasteiger partial charge < -0.3 is 4.42 Å². The first-order valence-corrected chi connectivity index (χ1v) is 6.73. The van der Waals surface area contributed by atoms with Gasteiger partial charge in [0.2, 0.25) is 5.09 Å². The van der Waals surface area contributed by atoms with Gasteiger partial charge in [-0.05, 0) is 32.4 Å². The van der Waals surface area contributed by atoms with Crippen LogP contribution in [0.5, 0.6) is 0 Å². The predicted octanol–water partition coefficient (Wildman–Crippen LogP) is 1.90. The molecule has 0 aliphatic carbocycles. The van der Waals surface area contributed by atoms with Gasteiger partial charge in [-0.3, -0.25) is 4.79 Å². The second kappa shape index (κ2) is 4.62. The Morgan fingerprint density at radius 3 is 2.41 bits per heavy atom. The summed E-state index contributed by atoms with van der Waals surface area (Å²) in [7, 11) is -2.19. The van der Waals surface area contributed by atoms with E-state index in [-0.39, 0.29) is 10.9 Å². The van der Waals surface area contributed by atoms with Crippen molar-refractivity contribution in [1.29, 1.82) is 0 Å². The summed E-state index contributed by atoms with van der Waals surface area (Å²) in [6.07, 6.45) is 1.15. The van der Waals surface area contributed by atoms with E-state index in [0.717, 1.165) is 0 Å². The highest BCUT2D eigenvalue weighted by molar-refractivity contribution is 7.89. The van der Waals surface area contributed by atoms with Crippen LogP contribution in [0.1, 0.15) is 37.7 Å². The first kappa shape index (κ1) is 13.9. The van der Waals surface area contributed by atoms with Crippen molar-refractivity contribution in [3.05, 3.63) is 17.9 Å². The minimum Gasteiger partial charge on any atom is -0.440 e. The molecule has 0 N–H and O–H groups in total. The Hall–Kier alpha value is -1.14. The van der Waals surface area contributed by atoms with Crippen molar-refractivity contribution in [1.82, 2.24) is 4.31 Å². The topological polar surface area (TPSA) is 67.6 Å². The second-order valence-corrected chi connectivity index (χ2v) is 6.31. The molecule has 0 fully saturated rings. The van der Waals surface area contributed by atoms with Crippen LogP contribution < -0.4 is 0 Å². The molecule has 1 heterocycles. The molecule has 0 saturated heterocycles. The Labute approximate surface area is 101 Å². The van der Waals surface area contributed by atoms with Gasteiger partial charge in [-0.2, -0.15) is 4.31 Å². The lowest BCUT2D eigenvalue weighted by molar-refractivity contribution is 0.109. The highest BCUT2D eigenvalue weighted by Crippen LogP contribution is 2.25. The molecule has 5 nitrogen and oxygen atoms in total. The lowest BCUT2D eigenvalue weighted by atomic mass is 10.0. The van der Waals surface area contributed by atoms with Crippen LogP contribution in [0.15, 0.2) is 21.6 Å². The van der Waals surface area contributed by atoms with E-state index in [1.807, 2.05) is 20.8 Å². The number of carbonyl (C=O) groups excluding carboxylic acids is 1. The van der Waals surface area contributed by atoms with E-state index in [1.165, 1.54) is 23.5 Å². The summed E-state index contributed by atoms with van der Waals surface area (Å²) in [5, 5.41) is -0.205. The van der Waals surface area contributed by atoms with E-state index < -0.39 is 15.6 Å². The van der Waals surface area contributed by atoms with Gasteiger partial charge in [0.25, 0.3) is 10.0 Å². The van der Waals surface area contributed by atoms with Gasteiger partial charge in [0.1, 0.15) is 0 Å². The summed E-state index contributed by atoms with van der Waals surface area (Å²) in [5.74, 6) is 0.00581. The number of rotatable bonds is 5. The third-order valence-corrected chi connectivity index (χ3v) is 4.99. The molecule has 17 heavy (non-hydrogen) atoms. The van der Waals surface area contributed by atoms with Crippen molar-refractivity contribution in [2.24, 2.45) is 0 Å². The smallest absolute Gasteiger partial charge is 0.276 e. The molecule has 0 saturated carbocycles. The summed E-state index contributed by atoms with van der Waals surface area (Å²) in [6, 6.07) is 2.63. The van der Waals surface area contributed by atoms with E-state index >= 15 is 0 Å². The molecule has 0 unspecified atom stereocenters. The third kappa shape index (κ3) is 2.58. The first-order chi connectivity index (χ1) is 7.75. The fourth-order valence-corrected chi connectivity index (χ4v) is 2.71. The van der Waals surface area contributed by atoms with Crippen molar-refractivity contribution in [3.63, 3.8) is 0 Å². The van der Waals surface area contributed by atoms with E-state index in [0.29, 0.717) is 12.7 Å². The minimum absolute atomic E-state index is 0.00581. The number of sulfonamides is 1. The monoisotopic (exact) mass is 259 g/mol. The first-order valence-electron chi connectivity index (χ1n) is 5.29. The Kier molecular flexibility index (Phi) is 3.78. The van der Waals surface area contributed by atoms with Crippen molar-refractivity contribution < 1.29 is 17.6 Å². The summed E-state index contributed by atoms with van der Waals surface area (Å²) in [6.45, 7) is 5.56. The predicted molar refractivity (Wildman–Crippen MR) is 63.4 cm³/mol. The van der Waals surface area contributed by atoms with E-state index in [4.69, 9.17) is 4.42 Å². The standard InChI is InChI=1S/C11H17NO4S/c1-5-11(2,3)12(4)17(14,15)10-7-6-9(8-13)16-10/h6-8H,5H2,1-4H3. The molecule has 0 aromatic carbocycles. The Morgan fingerprint density at radius 2 is 2.00 bits per heavy atom. The van der Waals surface area contributed by atoms with Gasteiger partial charge in [-0.15, -0.1) is 0 Å². The number of hydrogen-bond acceptors (Lipinski definition) is 4. The summed E-state index contributed by atoms with van der Waals surface area (Å²) in [5.41, 5.74) is -0.507. The summed E-state index contributed by atoms with van der Waals surface area (Å²) < 4.78 is 30.6. The lowest BCUT2D eigenvalue weighted by Crippen LogP contribution is -2.44. The molecule has 0 atom stereocenters. The van der Waals surface area contributed by atoms with Gasteiger partial charge in [0, 0.05) is 12.6 Å². The van der Waals surface area contributed by atoms with Crippen molar-refractivity contribution in [2.75, 3.05) is 7.05 Å². The fraction of sp³-hybridized carbons (Fsp3) is 0.545. The zero-order valence-electron chi connectivity index (χ0n) is 10.4. The van der Waals surface area contributed by atoms with Crippen LogP contribution in [0, 0.1) is 0 Å². The second-order valence-electron chi connectivity index (χ2n) is 4.41. The lowest BCUT2D eigenvalue weighted by Gasteiger charge is -2.32. The van der Waals surface area contributed by atoms with Crippen LogP contribution in [0.25, 0.3) is 0 Å². The van der Waals surface area contributed by atoms with Crippen LogP contribution in [-0.2, 0) is 10.0 Å². The maximum Gasteiger partial charge on any atom is 0.276 e. The number of carbonyl (C=O) groups is 1. The van der Waals surface area contributed by atoms with Crippen molar-refractivity contribution >= 4 is 16.3 Å². The molecule has 0 spiro atoms. The van der Waals surface area contributed by atoms with Crippen LogP contribution >= 0.6 is 0 Å². The average Bonchev–Trinajstić information content (AvgIpc) is 2.77. The SMILES string of the molecule is CCC(C)(C)N(C)S(=O)(=O)c1ccc(C=O)o1. The molecular formula is C11H17NO4S. The molecule has 0 aliphatic rings. The van der Waals surface area contributed by atoms with Gasteiger partial charge in [0.05, 0.1) is 0 Å². The largest absolute Gasteiger partial charge is 0.440 e. The van der Waals surface area contributed by atoms with E-state index in [2.05, 4.69) is 0 Å². The quantitative estimate of drug-likeness (QED) is 0.757. The van der Waals surface area contributed by atoms with Gasteiger partial charge in [0.15, 0.2) is 12.0 Å². The van der Waals surface area contributed by atoms with Crippen LogP contribution in [-0.4, -0.2) is 31.6 Å². The molecule has 1 aromatic rings. The normalized spacial score (nSPS) is 13.0. The number of aldehydes is 1. The summed E-state index contributed by atoms with van der Waals surface area (Å²) in [4.78, 5) is 10.5. The van der Waals surface area contributed by atoms with E-state index in [9.17, 15) is 13.2 Å². The van der Waals surface area contributed by atoms with Gasteiger partial charge in [-0.25, -0.2) is 8.42 Å². The molecule has 0 aliphatic heterocycles. The summed E-state index contributed by atoms with van der Waals surface area (Å²) >= 11 is 0. The Balaban J connectivity index is 3.15. The van der Waals surface area contributed by atoms with Crippen LogP contribution in [0.4, 0.5) is 0 Å². The highest BCUT2D eigenvalue weighted by Gasteiger charge is 2.34. The van der Waals surface area contributed by atoms with Crippen LogP contribution in [0.2, 0.25) is 0 Å². The molecule has 0 amide bonds. The van der Waals surface area contributed by atoms with Crippen LogP contribution in [0.3, 0.4) is 0 Å². The Bertz CT molecular complexity index is 501. The maximum absolute atomic E-state index is 12.2. The number of furan rings is 1. The molecule has 0 radical (unpaired) electrons. The van der Waals surface area contributed by atoms with Crippen molar-refractivity contribution in [2.45, 2.75) is 37.8 Å². The Morgan fingerprint density at radius 1 is 1.41 bits per heavy atom. The van der Waals surface area contributed by atoms with Gasteiger partial charge >= 0.3 is 0 Å². The molecule has 1 aromatic heterocycles. The zero-order valence-corrected chi connectivity index (χ0v) is 11.2. The molecule has 1 rings (SSSR count). The molecule has 0 bridgehead atoms. The average molecular weight is 259 g/mol. The number of nitrogens with zero attached hydrogens (tertiary/aromatic N) is 1. The molecular weight excluding hydrogens is 242 g/mol. The molecule has 96 valence electrons. The van der Waals surface area contributed by atoms with Crippen molar-refractivity contribution in [3.8, 4) is 0 Å². The van der Waals surface area contributed by atoms with E-state index in [1.54, 1.807) is 0 Å². The number of hydrogen-bond donors (Lipinski definition) is 0. The third-order valence-electron chi connectivity index (χ3n) is 3.05. The highest BCUT2D eigenvalue weighted by atomic mass is 32.2.